The third kappa shape index (κ3) is 4.55. The first-order valence-corrected chi connectivity index (χ1v) is 6.19. The van der Waals surface area contributed by atoms with Gasteiger partial charge in [0.25, 0.3) is 0 Å². The summed E-state index contributed by atoms with van der Waals surface area (Å²) in [6.07, 6.45) is 0. The lowest BCUT2D eigenvalue weighted by atomic mass is 10.1. The maximum Gasteiger partial charge on any atom is 0.161 e. The van der Waals surface area contributed by atoms with Gasteiger partial charge in [0, 0.05) is 20.2 Å². The molecule has 4 heteroatoms. The van der Waals surface area contributed by atoms with Crippen LogP contribution < -0.4 is 10.1 Å². The van der Waals surface area contributed by atoms with Gasteiger partial charge < -0.3 is 19.9 Å². The van der Waals surface area contributed by atoms with Crippen LogP contribution >= 0.6 is 0 Å². The smallest absolute Gasteiger partial charge is 0.161 e. The van der Waals surface area contributed by atoms with E-state index in [1.54, 1.807) is 13.2 Å². The number of phenolic OH excluding ortho intramolecular Hbond substituents is 1. The highest BCUT2D eigenvalue weighted by Gasteiger charge is 2.15. The van der Waals surface area contributed by atoms with E-state index >= 15 is 0 Å². The zero-order chi connectivity index (χ0) is 13.6. The van der Waals surface area contributed by atoms with Crippen LogP contribution in [0.1, 0.15) is 26.3 Å². The van der Waals surface area contributed by atoms with E-state index in [2.05, 4.69) is 5.32 Å². The van der Waals surface area contributed by atoms with E-state index in [0.29, 0.717) is 18.9 Å². The van der Waals surface area contributed by atoms with Crippen molar-refractivity contribution in [2.24, 2.45) is 0 Å². The van der Waals surface area contributed by atoms with Crippen LogP contribution in [0.2, 0.25) is 0 Å². The van der Waals surface area contributed by atoms with Gasteiger partial charge in [-0.25, -0.2) is 0 Å². The Morgan fingerprint density at radius 1 is 1.33 bits per heavy atom. The Kier molecular flexibility index (Phi) is 5.44. The predicted octanol–water partition coefficient (Wildman–Crippen LogP) is 2.31. The van der Waals surface area contributed by atoms with Gasteiger partial charge in [-0.1, -0.05) is 6.07 Å². The summed E-state index contributed by atoms with van der Waals surface area (Å²) in [4.78, 5) is 0. The molecule has 102 valence electrons. The molecule has 0 aliphatic carbocycles. The van der Waals surface area contributed by atoms with Crippen LogP contribution in [0.3, 0.4) is 0 Å². The van der Waals surface area contributed by atoms with E-state index < -0.39 is 0 Å². The maximum absolute atomic E-state index is 9.59. The summed E-state index contributed by atoms with van der Waals surface area (Å²) in [7, 11) is 1.70. The number of ether oxygens (including phenoxy) is 2. The van der Waals surface area contributed by atoms with Gasteiger partial charge in [-0.2, -0.15) is 0 Å². The molecule has 1 aromatic carbocycles. The number of hydrogen-bond donors (Lipinski definition) is 2. The fourth-order valence-corrected chi connectivity index (χ4v) is 1.52. The van der Waals surface area contributed by atoms with Crippen LogP contribution in [0.15, 0.2) is 18.2 Å². The van der Waals surface area contributed by atoms with E-state index in [4.69, 9.17) is 9.47 Å². The molecular formula is C14H23NO3. The van der Waals surface area contributed by atoms with Crippen LogP contribution in [0, 0.1) is 0 Å². The van der Waals surface area contributed by atoms with Crippen molar-refractivity contribution in [2.45, 2.75) is 32.9 Å². The van der Waals surface area contributed by atoms with Gasteiger partial charge in [0.2, 0.25) is 0 Å². The molecule has 1 aromatic rings. The summed E-state index contributed by atoms with van der Waals surface area (Å²) >= 11 is 0. The summed E-state index contributed by atoms with van der Waals surface area (Å²) in [6, 6.07) is 5.39. The zero-order valence-electron chi connectivity index (χ0n) is 11.6. The minimum absolute atomic E-state index is 0.179. The van der Waals surface area contributed by atoms with Gasteiger partial charge in [0.1, 0.15) is 0 Å². The van der Waals surface area contributed by atoms with Gasteiger partial charge in [0.15, 0.2) is 11.5 Å². The third-order valence-corrected chi connectivity index (χ3v) is 2.76. The van der Waals surface area contributed by atoms with Crippen molar-refractivity contribution in [2.75, 3.05) is 20.3 Å². The summed E-state index contributed by atoms with van der Waals surface area (Å²) < 4.78 is 10.7. The standard InChI is InChI=1S/C14H23NO3/c1-5-18-13-8-11(6-7-12(13)16)9-15-10-14(2,3)17-4/h6-8,15-16H,5,9-10H2,1-4H3. The minimum Gasteiger partial charge on any atom is -0.504 e. The van der Waals surface area contributed by atoms with E-state index in [-0.39, 0.29) is 11.4 Å². The summed E-state index contributed by atoms with van der Waals surface area (Å²) in [5.41, 5.74) is 0.891. The molecule has 1 rings (SSSR count). The lowest BCUT2D eigenvalue weighted by Gasteiger charge is -2.23. The molecule has 0 saturated carbocycles. The second kappa shape index (κ2) is 6.61. The number of rotatable bonds is 7. The van der Waals surface area contributed by atoms with Crippen LogP contribution in [-0.4, -0.2) is 31.0 Å². The number of hydrogen-bond acceptors (Lipinski definition) is 4. The second-order valence-electron chi connectivity index (χ2n) is 4.80. The van der Waals surface area contributed by atoms with Gasteiger partial charge >= 0.3 is 0 Å². The molecular weight excluding hydrogens is 230 g/mol. The lowest BCUT2D eigenvalue weighted by Crippen LogP contribution is -2.36. The molecule has 0 amide bonds. The Hall–Kier alpha value is -1.26. The van der Waals surface area contributed by atoms with Crippen molar-refractivity contribution in [3.63, 3.8) is 0 Å². The number of nitrogens with one attached hydrogen (secondary N) is 1. The van der Waals surface area contributed by atoms with Crippen LogP contribution in [0.5, 0.6) is 11.5 Å². The van der Waals surface area contributed by atoms with Crippen LogP contribution in [-0.2, 0) is 11.3 Å². The minimum atomic E-state index is -0.181. The Morgan fingerprint density at radius 3 is 2.67 bits per heavy atom. The fraction of sp³-hybridized carbons (Fsp3) is 0.571. The van der Waals surface area contributed by atoms with Gasteiger partial charge in [-0.3, -0.25) is 0 Å². The molecule has 0 fully saturated rings. The molecule has 0 aliphatic heterocycles. The molecule has 0 saturated heterocycles. The third-order valence-electron chi connectivity index (χ3n) is 2.76. The van der Waals surface area contributed by atoms with E-state index in [0.717, 1.165) is 12.1 Å². The highest BCUT2D eigenvalue weighted by molar-refractivity contribution is 5.41. The quantitative estimate of drug-likeness (QED) is 0.783. The highest BCUT2D eigenvalue weighted by Crippen LogP contribution is 2.26. The van der Waals surface area contributed by atoms with Gasteiger partial charge in [-0.15, -0.1) is 0 Å². The van der Waals surface area contributed by atoms with Crippen molar-refractivity contribution in [3.05, 3.63) is 23.8 Å². The van der Waals surface area contributed by atoms with Crippen LogP contribution in [0.4, 0.5) is 0 Å². The van der Waals surface area contributed by atoms with Crippen molar-refractivity contribution in [3.8, 4) is 11.5 Å². The molecule has 0 spiro atoms. The van der Waals surface area contributed by atoms with Crippen molar-refractivity contribution in [1.82, 2.24) is 5.32 Å². The molecule has 0 aromatic heterocycles. The molecule has 0 heterocycles. The lowest BCUT2D eigenvalue weighted by molar-refractivity contribution is 0.0230. The normalized spacial score (nSPS) is 11.6. The molecule has 0 bridgehead atoms. The summed E-state index contributed by atoms with van der Waals surface area (Å²) in [5.74, 6) is 0.709. The topological polar surface area (TPSA) is 50.7 Å². The van der Waals surface area contributed by atoms with Crippen molar-refractivity contribution >= 4 is 0 Å². The second-order valence-corrected chi connectivity index (χ2v) is 4.80. The average Bonchev–Trinajstić information content (AvgIpc) is 2.33. The Balaban J connectivity index is 2.55. The molecule has 0 radical (unpaired) electrons. The molecule has 18 heavy (non-hydrogen) atoms. The fourth-order valence-electron chi connectivity index (χ4n) is 1.52. The van der Waals surface area contributed by atoms with Crippen LogP contribution in [0.25, 0.3) is 0 Å². The maximum atomic E-state index is 9.59. The number of methoxy groups -OCH3 is 1. The number of aromatic hydroxyl groups is 1. The summed E-state index contributed by atoms with van der Waals surface area (Å²) in [5, 5.41) is 12.9. The Morgan fingerprint density at radius 2 is 2.06 bits per heavy atom. The molecule has 2 N–H and O–H groups in total. The van der Waals surface area contributed by atoms with E-state index in [9.17, 15) is 5.11 Å². The van der Waals surface area contributed by atoms with Crippen molar-refractivity contribution in [1.29, 1.82) is 0 Å². The van der Waals surface area contributed by atoms with E-state index in [1.165, 1.54) is 0 Å². The van der Waals surface area contributed by atoms with Gasteiger partial charge in [0.05, 0.1) is 12.2 Å². The van der Waals surface area contributed by atoms with Crippen molar-refractivity contribution < 1.29 is 14.6 Å². The molecule has 4 nitrogen and oxygen atoms in total. The Bertz CT molecular complexity index is 377. The van der Waals surface area contributed by atoms with Gasteiger partial charge in [-0.05, 0) is 38.5 Å². The largest absolute Gasteiger partial charge is 0.504 e. The molecule has 0 unspecified atom stereocenters. The first-order chi connectivity index (χ1) is 8.48. The van der Waals surface area contributed by atoms with E-state index in [1.807, 2.05) is 32.9 Å². The summed E-state index contributed by atoms with van der Waals surface area (Å²) in [6.45, 7) is 7.97. The Labute approximate surface area is 109 Å². The predicted molar refractivity (Wildman–Crippen MR) is 72.1 cm³/mol. The number of benzene rings is 1. The number of phenols is 1. The first-order valence-electron chi connectivity index (χ1n) is 6.19. The zero-order valence-corrected chi connectivity index (χ0v) is 11.6. The molecule has 0 aliphatic rings. The highest BCUT2D eigenvalue weighted by atomic mass is 16.5. The monoisotopic (exact) mass is 253 g/mol. The SMILES string of the molecule is CCOc1cc(CNCC(C)(C)OC)ccc1O. The average molecular weight is 253 g/mol. The molecule has 0 atom stereocenters. The first kappa shape index (κ1) is 14.8.